The van der Waals surface area contributed by atoms with Crippen LogP contribution in [0.5, 0.6) is 69.0 Å². The molecule has 2 aliphatic heterocycles. The molecule has 20 heteroatoms. The van der Waals surface area contributed by atoms with Gasteiger partial charge in [0, 0.05) is 43.8 Å². The van der Waals surface area contributed by atoms with Gasteiger partial charge in [-0.05, 0) is 170 Å². The molecule has 3 aromatic heterocycles. The standard InChI is InChI=1S/C68H58N8O12/c1-77-41-5-13-45(14-6-41)81-29-33-85-49-21-25-53-57(37-49)65-69-61(53)74-66-59-39-51(87-35-31-83-47-17-9-43(79-3)10-18-47)23-27-55(59)63(71-66)76-68-60-40-52(88-36-32-84-48-19-11-44(80-4)12-20-48)24-28-56(60)64(72-68)75-67-58-38-50(22-26-54(58)62(70-67)73-65)86-34-30-82-46-15-7-42(78-2)8-16-46/h5-28,37-40H,29-36H2,1-4H3,(H2,69,70,71,72,73,74,75,76). The Morgan fingerprint density at radius 2 is 0.455 bits per heavy atom. The molecule has 8 bridgehead atoms. The minimum Gasteiger partial charge on any atom is -0.497 e. The number of benzene rings is 8. The first-order valence-electron chi connectivity index (χ1n) is 28.3. The van der Waals surface area contributed by atoms with Gasteiger partial charge >= 0.3 is 0 Å². The number of nitrogens with one attached hydrogen (secondary N) is 2. The summed E-state index contributed by atoms with van der Waals surface area (Å²) in [5.41, 5.74) is 4.73. The lowest BCUT2D eigenvalue weighted by Gasteiger charge is -2.10. The molecule has 13 rings (SSSR count). The zero-order valence-electron chi connectivity index (χ0n) is 48.4. The highest BCUT2D eigenvalue weighted by atomic mass is 16.5. The average Bonchev–Trinajstić information content (AvgIpc) is 2.85. The fourth-order valence-electron chi connectivity index (χ4n) is 10.0. The molecule has 442 valence electrons. The van der Waals surface area contributed by atoms with Crippen LogP contribution in [0.3, 0.4) is 0 Å². The van der Waals surface area contributed by atoms with Crippen LogP contribution >= 0.6 is 0 Å². The molecule has 0 amide bonds. The van der Waals surface area contributed by atoms with Crippen LogP contribution in [0.1, 0.15) is 0 Å². The Bertz CT molecular complexity index is 4180. The smallest absolute Gasteiger partial charge is 0.164 e. The van der Waals surface area contributed by atoms with Crippen LogP contribution in [0.25, 0.3) is 89.7 Å². The van der Waals surface area contributed by atoms with Gasteiger partial charge in [-0.1, -0.05) is 0 Å². The maximum Gasteiger partial charge on any atom is 0.164 e. The number of aromatic nitrogens is 8. The van der Waals surface area contributed by atoms with Crippen molar-refractivity contribution in [3.8, 4) is 115 Å². The van der Waals surface area contributed by atoms with Gasteiger partial charge in [-0.25, -0.2) is 29.9 Å². The molecule has 0 atom stereocenters. The van der Waals surface area contributed by atoms with Crippen molar-refractivity contribution >= 4 is 44.1 Å². The fraction of sp³-hybridized carbons (Fsp3) is 0.176. The second-order valence-electron chi connectivity index (χ2n) is 19.9. The van der Waals surface area contributed by atoms with Crippen LogP contribution in [0.4, 0.5) is 0 Å². The van der Waals surface area contributed by atoms with Gasteiger partial charge in [0.25, 0.3) is 0 Å². The number of methoxy groups -OCH3 is 4. The third kappa shape index (κ3) is 12.4. The molecular formula is C68H58N8O12. The molecule has 0 radical (unpaired) electrons. The Kier molecular flexibility index (Phi) is 16.2. The van der Waals surface area contributed by atoms with Gasteiger partial charge in [0.05, 0.1) is 28.4 Å². The Hall–Kier alpha value is -11.3. The van der Waals surface area contributed by atoms with E-state index in [9.17, 15) is 0 Å². The van der Waals surface area contributed by atoms with Gasteiger partial charge in [0.2, 0.25) is 0 Å². The predicted molar refractivity (Wildman–Crippen MR) is 332 cm³/mol. The van der Waals surface area contributed by atoms with Crippen molar-refractivity contribution in [2.75, 3.05) is 81.3 Å². The van der Waals surface area contributed by atoms with Crippen molar-refractivity contribution in [2.24, 2.45) is 0 Å². The molecule has 88 heavy (non-hydrogen) atoms. The van der Waals surface area contributed by atoms with E-state index in [4.69, 9.17) is 86.7 Å². The van der Waals surface area contributed by atoms with Gasteiger partial charge in [-0.2, -0.15) is 0 Å². The van der Waals surface area contributed by atoms with Crippen LogP contribution in [-0.2, 0) is 0 Å². The Balaban J connectivity index is 0.902. The lowest BCUT2D eigenvalue weighted by atomic mass is 10.1. The molecule has 11 aromatic rings. The van der Waals surface area contributed by atoms with Crippen LogP contribution < -0.4 is 56.8 Å². The van der Waals surface area contributed by atoms with Crippen LogP contribution in [0, 0.1) is 0 Å². The molecule has 2 aliphatic rings. The van der Waals surface area contributed by atoms with Crippen molar-refractivity contribution in [3.05, 3.63) is 170 Å². The fourth-order valence-corrected chi connectivity index (χ4v) is 10.0. The minimum atomic E-state index is 0.263. The summed E-state index contributed by atoms with van der Waals surface area (Å²) in [6, 6.07) is 52.6. The minimum absolute atomic E-state index is 0.263. The Labute approximate surface area is 504 Å². The molecule has 0 saturated heterocycles. The first-order valence-corrected chi connectivity index (χ1v) is 28.3. The highest BCUT2D eigenvalue weighted by molar-refractivity contribution is 6.07. The third-order valence-corrected chi connectivity index (χ3v) is 14.4. The van der Waals surface area contributed by atoms with Crippen molar-refractivity contribution < 1.29 is 56.8 Å². The van der Waals surface area contributed by atoms with E-state index in [-0.39, 0.29) is 26.4 Å². The zero-order valence-corrected chi connectivity index (χ0v) is 48.4. The molecule has 0 unspecified atom stereocenters. The van der Waals surface area contributed by atoms with E-state index in [0.29, 0.717) is 129 Å². The van der Waals surface area contributed by atoms with E-state index in [2.05, 4.69) is 9.97 Å². The molecule has 5 heterocycles. The van der Waals surface area contributed by atoms with Gasteiger partial charge < -0.3 is 66.8 Å². The molecule has 0 spiro atoms. The lowest BCUT2D eigenvalue weighted by Crippen LogP contribution is -2.09. The summed E-state index contributed by atoms with van der Waals surface area (Å²) in [4.78, 5) is 38.6. The Morgan fingerprint density at radius 3 is 0.750 bits per heavy atom. The number of fused-ring (bicyclic) bond motifs is 20. The topological polar surface area (TPSA) is 220 Å². The molecule has 2 N–H and O–H groups in total. The van der Waals surface area contributed by atoms with E-state index in [0.717, 1.165) is 55.7 Å². The highest BCUT2D eigenvalue weighted by Gasteiger charge is 2.24. The van der Waals surface area contributed by atoms with Crippen molar-refractivity contribution in [2.45, 2.75) is 0 Å². The van der Waals surface area contributed by atoms with Crippen LogP contribution in [0.2, 0.25) is 0 Å². The molecule has 8 aromatic carbocycles. The van der Waals surface area contributed by atoms with E-state index < -0.39 is 0 Å². The van der Waals surface area contributed by atoms with Gasteiger partial charge in [0.1, 0.15) is 144 Å². The Morgan fingerprint density at radius 1 is 0.227 bits per heavy atom. The predicted octanol–water partition coefficient (Wildman–Crippen LogP) is 12.7. The summed E-state index contributed by atoms with van der Waals surface area (Å²) < 4.78 is 70.4. The lowest BCUT2D eigenvalue weighted by molar-refractivity contribution is 0.217. The largest absolute Gasteiger partial charge is 0.497 e. The molecule has 20 nitrogen and oxygen atoms in total. The number of H-pyrrole nitrogens is 2. The van der Waals surface area contributed by atoms with E-state index >= 15 is 0 Å². The normalized spacial score (nSPS) is 11.3. The second-order valence-corrected chi connectivity index (χ2v) is 19.9. The molecular weight excluding hydrogens is 1120 g/mol. The van der Waals surface area contributed by atoms with Gasteiger partial charge in [-0.3, -0.25) is 0 Å². The van der Waals surface area contributed by atoms with Crippen molar-refractivity contribution in [1.29, 1.82) is 0 Å². The quantitative estimate of drug-likeness (QED) is 0.0537. The monoisotopic (exact) mass is 1180 g/mol. The average molecular weight is 1180 g/mol. The van der Waals surface area contributed by atoms with E-state index in [1.54, 1.807) is 28.4 Å². The van der Waals surface area contributed by atoms with E-state index in [1.807, 2.05) is 170 Å². The number of hydrogen-bond acceptors (Lipinski definition) is 18. The summed E-state index contributed by atoms with van der Waals surface area (Å²) in [5.74, 6) is 9.65. The first kappa shape index (κ1) is 55.9. The maximum absolute atomic E-state index is 6.31. The SMILES string of the molecule is COc1ccc(OCCOc2ccc3c(c2)-c2nc-3nc3[nH]c(nc4nc(nc5[nH]c(n2)c2ccc(OCCOc6ccc(OC)cc6)cc52)-c2ccc(OCCOc5ccc(OC)cc5)cc2-4)c2ccc(OCCOc4ccc(OC)cc4)cc32)cc1. The summed E-state index contributed by atoms with van der Waals surface area (Å²) in [6.07, 6.45) is 0. The number of ether oxygens (including phenoxy) is 12. The van der Waals surface area contributed by atoms with Crippen molar-refractivity contribution in [1.82, 2.24) is 39.9 Å². The number of aromatic amines is 2. The number of rotatable bonds is 24. The summed E-state index contributed by atoms with van der Waals surface area (Å²) in [7, 11) is 6.51. The summed E-state index contributed by atoms with van der Waals surface area (Å²) in [6.45, 7) is 2.24. The molecule has 0 aliphatic carbocycles. The van der Waals surface area contributed by atoms with Crippen molar-refractivity contribution in [3.63, 3.8) is 0 Å². The first-order chi connectivity index (χ1) is 43.3. The highest BCUT2D eigenvalue weighted by Crippen LogP contribution is 2.40. The maximum atomic E-state index is 6.31. The number of nitrogens with zero attached hydrogens (tertiary/aromatic N) is 6. The van der Waals surface area contributed by atoms with Crippen LogP contribution in [-0.4, -0.2) is 121 Å². The molecule has 0 saturated carbocycles. The second kappa shape index (κ2) is 25.5. The number of hydrogen-bond donors (Lipinski definition) is 2. The van der Waals surface area contributed by atoms with Gasteiger partial charge in [-0.15, -0.1) is 0 Å². The third-order valence-electron chi connectivity index (χ3n) is 14.4. The van der Waals surface area contributed by atoms with E-state index in [1.165, 1.54) is 0 Å². The summed E-state index contributed by atoms with van der Waals surface area (Å²) in [5, 5.41) is 2.93. The molecule has 0 fully saturated rings. The summed E-state index contributed by atoms with van der Waals surface area (Å²) >= 11 is 0. The van der Waals surface area contributed by atoms with Gasteiger partial charge in [0.15, 0.2) is 23.3 Å². The van der Waals surface area contributed by atoms with Crippen LogP contribution in [0.15, 0.2) is 170 Å². The zero-order chi connectivity index (χ0) is 59.8.